The molecule has 13 heavy (non-hydrogen) atoms. The van der Waals surface area contributed by atoms with Crippen LogP contribution in [0.5, 0.6) is 0 Å². The smallest absolute Gasteiger partial charge is 0.344 e. The van der Waals surface area contributed by atoms with Crippen molar-refractivity contribution in [1.82, 2.24) is 10.2 Å². The van der Waals surface area contributed by atoms with Crippen LogP contribution in [0.15, 0.2) is 0 Å². The number of rotatable bonds is 0. The molecule has 1 saturated heterocycles. The van der Waals surface area contributed by atoms with Gasteiger partial charge in [0, 0.05) is 7.05 Å². The largest absolute Gasteiger partial charge is 0.409 e. The van der Waals surface area contributed by atoms with Gasteiger partial charge in [0.05, 0.1) is 6.42 Å². The van der Waals surface area contributed by atoms with E-state index >= 15 is 0 Å². The average molecular weight is 195 g/mol. The van der Waals surface area contributed by atoms with Gasteiger partial charge >= 0.3 is 6.18 Å². The highest BCUT2D eigenvalue weighted by molar-refractivity contribution is 5.98. The molecule has 1 aliphatic heterocycles. The van der Waals surface area contributed by atoms with E-state index in [1.54, 1.807) is 0 Å². The Balaban J connectivity index is 2.75. The number of alkyl halides is 3. The van der Waals surface area contributed by atoms with Crippen LogP contribution in [0.2, 0.25) is 0 Å². The molecule has 74 valence electrons. The van der Waals surface area contributed by atoms with E-state index in [0.29, 0.717) is 0 Å². The standard InChI is InChI=1S/C6H8F3N3O/c1-12-4(13)2-3(6(7,8)9)11-5(12)10/h3H,2H2,1H3,(H2,10,11)/t3-/m1/s1. The highest BCUT2D eigenvalue weighted by atomic mass is 19.4. The van der Waals surface area contributed by atoms with Crippen LogP contribution in [-0.4, -0.2) is 36.0 Å². The molecule has 1 amide bonds. The minimum Gasteiger partial charge on any atom is -0.344 e. The Hall–Kier alpha value is -1.27. The Kier molecular flexibility index (Phi) is 2.19. The van der Waals surface area contributed by atoms with Crippen molar-refractivity contribution >= 4 is 11.9 Å². The fraction of sp³-hybridized carbons (Fsp3) is 0.667. The number of nitrogens with zero attached hydrogens (tertiary/aromatic N) is 1. The van der Waals surface area contributed by atoms with Crippen LogP contribution < -0.4 is 5.32 Å². The Morgan fingerprint density at radius 2 is 2.15 bits per heavy atom. The van der Waals surface area contributed by atoms with Crippen LogP contribution in [0.1, 0.15) is 6.42 Å². The van der Waals surface area contributed by atoms with E-state index in [9.17, 15) is 18.0 Å². The van der Waals surface area contributed by atoms with Gasteiger partial charge in [-0.2, -0.15) is 13.2 Å². The zero-order valence-electron chi connectivity index (χ0n) is 6.77. The molecule has 0 aromatic rings. The summed E-state index contributed by atoms with van der Waals surface area (Å²) in [4.78, 5) is 11.8. The van der Waals surface area contributed by atoms with Crippen molar-refractivity contribution in [2.45, 2.75) is 18.6 Å². The van der Waals surface area contributed by atoms with Crippen molar-refractivity contribution in [3.8, 4) is 0 Å². The number of hydrogen-bond donors (Lipinski definition) is 2. The molecule has 1 atom stereocenters. The lowest BCUT2D eigenvalue weighted by molar-refractivity contribution is -0.164. The van der Waals surface area contributed by atoms with Crippen molar-refractivity contribution in [2.75, 3.05) is 7.05 Å². The molecule has 0 aromatic heterocycles. The van der Waals surface area contributed by atoms with Gasteiger partial charge in [-0.05, 0) is 0 Å². The summed E-state index contributed by atoms with van der Waals surface area (Å²) in [5.74, 6) is -1.22. The topological polar surface area (TPSA) is 56.2 Å². The molecule has 2 N–H and O–H groups in total. The number of halogens is 3. The lowest BCUT2D eigenvalue weighted by Gasteiger charge is -2.31. The third kappa shape index (κ3) is 1.90. The number of nitrogens with one attached hydrogen (secondary N) is 2. The second kappa shape index (κ2) is 2.90. The molecular formula is C6H8F3N3O. The van der Waals surface area contributed by atoms with Crippen LogP contribution in [0, 0.1) is 5.41 Å². The molecule has 0 aliphatic carbocycles. The zero-order chi connectivity index (χ0) is 10.2. The van der Waals surface area contributed by atoms with Crippen LogP contribution in [0.3, 0.4) is 0 Å². The Morgan fingerprint density at radius 1 is 1.62 bits per heavy atom. The van der Waals surface area contributed by atoms with Gasteiger partial charge in [-0.25, -0.2) is 0 Å². The van der Waals surface area contributed by atoms with E-state index in [0.717, 1.165) is 4.90 Å². The van der Waals surface area contributed by atoms with Crippen molar-refractivity contribution in [3.05, 3.63) is 0 Å². The molecule has 0 aromatic carbocycles. The van der Waals surface area contributed by atoms with E-state index in [-0.39, 0.29) is 0 Å². The lowest BCUT2D eigenvalue weighted by Crippen LogP contribution is -2.58. The summed E-state index contributed by atoms with van der Waals surface area (Å²) in [6, 6.07) is -1.93. The monoisotopic (exact) mass is 195 g/mol. The first-order chi connectivity index (χ1) is 5.82. The molecule has 1 aliphatic rings. The van der Waals surface area contributed by atoms with E-state index in [1.807, 2.05) is 5.32 Å². The minimum absolute atomic E-state index is 0.515. The van der Waals surface area contributed by atoms with Crippen molar-refractivity contribution in [2.24, 2.45) is 0 Å². The summed E-state index contributed by atoms with van der Waals surface area (Å²) in [6.45, 7) is 0. The quantitative estimate of drug-likeness (QED) is 0.584. The Labute approximate surface area is 72.2 Å². The van der Waals surface area contributed by atoms with Gasteiger partial charge in [-0.3, -0.25) is 15.1 Å². The molecule has 0 unspecified atom stereocenters. The summed E-state index contributed by atoms with van der Waals surface area (Å²) >= 11 is 0. The molecule has 0 bridgehead atoms. The molecule has 0 spiro atoms. The third-order valence-electron chi connectivity index (χ3n) is 1.79. The maximum Gasteiger partial charge on any atom is 0.409 e. The lowest BCUT2D eigenvalue weighted by atomic mass is 10.1. The number of carbonyl (C=O) groups is 1. The zero-order valence-corrected chi connectivity index (χ0v) is 6.77. The molecule has 4 nitrogen and oxygen atoms in total. The van der Waals surface area contributed by atoms with Gasteiger partial charge in [-0.1, -0.05) is 0 Å². The Bertz CT molecular complexity index is 232. The molecule has 7 heteroatoms. The SMILES string of the molecule is CN1C(=N)N[C@@H](C(F)(F)F)CC1=O. The fourth-order valence-corrected chi connectivity index (χ4v) is 0.947. The van der Waals surface area contributed by atoms with Gasteiger partial charge in [0.1, 0.15) is 6.04 Å². The number of carbonyl (C=O) groups excluding carboxylic acids is 1. The number of hydrogen-bond acceptors (Lipinski definition) is 2. The fourth-order valence-electron chi connectivity index (χ4n) is 0.947. The predicted octanol–water partition coefficient (Wildman–Crippen LogP) is 0.304. The first-order valence-corrected chi connectivity index (χ1v) is 3.50. The highest BCUT2D eigenvalue weighted by Crippen LogP contribution is 2.24. The number of amides is 1. The van der Waals surface area contributed by atoms with Gasteiger partial charge < -0.3 is 5.32 Å². The van der Waals surface area contributed by atoms with E-state index in [1.165, 1.54) is 7.05 Å². The average Bonchev–Trinajstić information content (AvgIpc) is 1.97. The van der Waals surface area contributed by atoms with E-state index < -0.39 is 30.5 Å². The number of guanidine groups is 1. The molecule has 0 saturated carbocycles. The second-order valence-electron chi connectivity index (χ2n) is 2.74. The maximum atomic E-state index is 12.1. The van der Waals surface area contributed by atoms with Gasteiger partial charge in [0.2, 0.25) is 5.91 Å². The van der Waals surface area contributed by atoms with E-state index in [4.69, 9.17) is 5.41 Å². The summed E-state index contributed by atoms with van der Waals surface area (Å²) < 4.78 is 36.3. The first kappa shape index (κ1) is 9.82. The van der Waals surface area contributed by atoms with Crippen molar-refractivity contribution in [3.63, 3.8) is 0 Å². The minimum atomic E-state index is -4.48. The van der Waals surface area contributed by atoms with Crippen LogP contribution in [-0.2, 0) is 4.79 Å². The van der Waals surface area contributed by atoms with Crippen molar-refractivity contribution in [1.29, 1.82) is 5.41 Å². The van der Waals surface area contributed by atoms with Crippen LogP contribution >= 0.6 is 0 Å². The summed E-state index contributed by atoms with van der Waals surface area (Å²) in [7, 11) is 1.25. The van der Waals surface area contributed by atoms with Crippen LogP contribution in [0.25, 0.3) is 0 Å². The summed E-state index contributed by atoms with van der Waals surface area (Å²) in [5.41, 5.74) is 0. The van der Waals surface area contributed by atoms with Crippen molar-refractivity contribution < 1.29 is 18.0 Å². The first-order valence-electron chi connectivity index (χ1n) is 3.50. The summed E-state index contributed by atoms with van der Waals surface area (Å²) in [6.07, 6.45) is -5.13. The molecule has 1 rings (SSSR count). The highest BCUT2D eigenvalue weighted by Gasteiger charge is 2.45. The Morgan fingerprint density at radius 3 is 2.54 bits per heavy atom. The van der Waals surface area contributed by atoms with Gasteiger partial charge in [0.15, 0.2) is 5.96 Å². The molecular weight excluding hydrogens is 187 g/mol. The summed E-state index contributed by atoms with van der Waals surface area (Å²) in [5, 5.41) is 8.93. The maximum absolute atomic E-state index is 12.1. The van der Waals surface area contributed by atoms with Crippen LogP contribution in [0.4, 0.5) is 13.2 Å². The third-order valence-corrected chi connectivity index (χ3v) is 1.79. The van der Waals surface area contributed by atoms with Gasteiger partial charge in [-0.15, -0.1) is 0 Å². The normalized spacial score (nSPS) is 24.6. The van der Waals surface area contributed by atoms with E-state index in [2.05, 4.69) is 0 Å². The molecule has 1 heterocycles. The second-order valence-corrected chi connectivity index (χ2v) is 2.74. The molecule has 1 fully saturated rings. The predicted molar refractivity (Wildman–Crippen MR) is 38.1 cm³/mol. The van der Waals surface area contributed by atoms with Gasteiger partial charge in [0.25, 0.3) is 0 Å². The molecule has 0 radical (unpaired) electrons.